The van der Waals surface area contributed by atoms with Crippen molar-refractivity contribution in [2.24, 2.45) is 5.10 Å². The zero-order valence-corrected chi connectivity index (χ0v) is 24.1. The molecule has 1 spiro atoms. The molecule has 1 N–H and O–H groups in total. The molecule has 1 fully saturated rings. The fraction of sp³-hybridized carbons (Fsp3) is 0.103. The van der Waals surface area contributed by atoms with Crippen LogP contribution in [0.15, 0.2) is 97.8 Å². The Bertz CT molecular complexity index is 1790. The molecule has 0 bridgehead atoms. The van der Waals surface area contributed by atoms with Gasteiger partial charge in [0.1, 0.15) is 17.3 Å². The predicted octanol–water partition coefficient (Wildman–Crippen LogP) is 7.97. The molecule has 2 unspecified atom stereocenters. The maximum Gasteiger partial charge on any atom is 0.314 e. The van der Waals surface area contributed by atoms with Crippen LogP contribution in [-0.2, 0) is 0 Å². The number of furan rings is 1. The third-order valence-corrected chi connectivity index (χ3v) is 8.72. The fourth-order valence-corrected chi connectivity index (χ4v) is 6.56. The Hall–Kier alpha value is -4.06. The molecule has 0 aliphatic carbocycles. The summed E-state index contributed by atoms with van der Waals surface area (Å²) in [5, 5.41) is 21.2. The minimum Gasteiger partial charge on any atom is -0.457 e. The van der Waals surface area contributed by atoms with Gasteiger partial charge in [0.05, 0.1) is 21.6 Å². The SMILES string of the molecule is O=C1NC2(Oc3ccc(Br)cc3C3CC(c4ccc(Cl)cc4)=NN32)/C(=C/c2ccc(-c3ccc([N+](=O)[O-])cc3)o2)S1. The molecule has 1 amide bonds. The van der Waals surface area contributed by atoms with E-state index in [0.29, 0.717) is 39.2 Å². The Labute approximate surface area is 251 Å². The number of nitrogens with zero attached hydrogens (tertiary/aromatic N) is 3. The zero-order valence-electron chi connectivity index (χ0n) is 20.9. The summed E-state index contributed by atoms with van der Waals surface area (Å²) >= 11 is 10.7. The molecule has 1 aromatic heterocycles. The lowest BCUT2D eigenvalue weighted by atomic mass is 9.96. The van der Waals surface area contributed by atoms with Gasteiger partial charge in [0.25, 0.3) is 10.9 Å². The molecule has 3 aromatic carbocycles. The topological polar surface area (TPSA) is 110 Å². The van der Waals surface area contributed by atoms with Crippen LogP contribution >= 0.6 is 39.3 Å². The molecular formula is C29H18BrClN4O5S. The average Bonchev–Trinajstić information content (AvgIpc) is 3.68. The maximum absolute atomic E-state index is 12.9. The smallest absolute Gasteiger partial charge is 0.314 e. The van der Waals surface area contributed by atoms with E-state index in [1.807, 2.05) is 47.5 Å². The zero-order chi connectivity index (χ0) is 28.3. The molecule has 7 rings (SSSR count). The van der Waals surface area contributed by atoms with Crippen LogP contribution in [0.2, 0.25) is 5.02 Å². The quantitative estimate of drug-likeness (QED) is 0.176. The second kappa shape index (κ2) is 9.79. The first kappa shape index (κ1) is 25.9. The summed E-state index contributed by atoms with van der Waals surface area (Å²) in [6.07, 6.45) is 2.35. The summed E-state index contributed by atoms with van der Waals surface area (Å²) in [5.41, 5.74) is 3.40. The molecule has 0 saturated carbocycles. The molecule has 0 radical (unpaired) electrons. The Morgan fingerprint density at radius 1 is 1.10 bits per heavy atom. The first-order valence-corrected chi connectivity index (χ1v) is 14.5. The van der Waals surface area contributed by atoms with E-state index in [9.17, 15) is 14.9 Å². The van der Waals surface area contributed by atoms with Gasteiger partial charge in [0.15, 0.2) is 0 Å². The number of benzene rings is 3. The van der Waals surface area contributed by atoms with Crippen LogP contribution in [0.25, 0.3) is 17.4 Å². The predicted molar refractivity (Wildman–Crippen MR) is 160 cm³/mol. The second-order valence-electron chi connectivity index (χ2n) is 9.58. The van der Waals surface area contributed by atoms with Gasteiger partial charge in [-0.05, 0) is 78.0 Å². The number of nitro groups is 1. The second-order valence-corrected chi connectivity index (χ2v) is 11.9. The van der Waals surface area contributed by atoms with Crippen molar-refractivity contribution in [2.75, 3.05) is 0 Å². The van der Waals surface area contributed by atoms with E-state index in [1.54, 1.807) is 30.3 Å². The monoisotopic (exact) mass is 648 g/mol. The molecule has 4 heterocycles. The summed E-state index contributed by atoms with van der Waals surface area (Å²) in [6.45, 7) is 0. The van der Waals surface area contributed by atoms with E-state index in [-0.39, 0.29) is 17.0 Å². The van der Waals surface area contributed by atoms with E-state index in [4.69, 9.17) is 25.9 Å². The molecule has 12 heteroatoms. The number of rotatable bonds is 4. The van der Waals surface area contributed by atoms with E-state index >= 15 is 0 Å². The number of hydrazone groups is 1. The highest BCUT2D eigenvalue weighted by molar-refractivity contribution is 9.10. The number of hydrogen-bond acceptors (Lipinski definition) is 8. The van der Waals surface area contributed by atoms with Crippen LogP contribution in [0.3, 0.4) is 0 Å². The van der Waals surface area contributed by atoms with Crippen molar-refractivity contribution in [3.63, 3.8) is 0 Å². The normalized spacial score (nSPS) is 21.9. The molecule has 1 saturated heterocycles. The Kier molecular flexibility index (Phi) is 6.18. The van der Waals surface area contributed by atoms with Crippen LogP contribution in [0, 0.1) is 10.1 Å². The summed E-state index contributed by atoms with van der Waals surface area (Å²) < 4.78 is 13.6. The number of non-ortho nitro benzene ring substituents is 1. The van der Waals surface area contributed by atoms with Crippen molar-refractivity contribution in [2.45, 2.75) is 18.3 Å². The lowest BCUT2D eigenvalue weighted by Crippen LogP contribution is -2.61. The van der Waals surface area contributed by atoms with E-state index in [1.165, 1.54) is 12.1 Å². The largest absolute Gasteiger partial charge is 0.457 e. The molecular weight excluding hydrogens is 632 g/mol. The van der Waals surface area contributed by atoms with Gasteiger partial charge in [0, 0.05) is 39.2 Å². The maximum atomic E-state index is 12.9. The molecule has 4 aromatic rings. The first-order chi connectivity index (χ1) is 19.8. The van der Waals surface area contributed by atoms with Crippen molar-refractivity contribution < 1.29 is 18.9 Å². The number of ether oxygens (including phenoxy) is 1. The molecule has 9 nitrogen and oxygen atoms in total. The van der Waals surface area contributed by atoms with Gasteiger partial charge in [-0.15, -0.1) is 0 Å². The summed E-state index contributed by atoms with van der Waals surface area (Å²) in [7, 11) is 0. The number of nitro benzene ring substituents is 1. The van der Waals surface area contributed by atoms with E-state index in [0.717, 1.165) is 33.1 Å². The molecule has 3 aliphatic rings. The first-order valence-electron chi connectivity index (χ1n) is 12.5. The number of carbonyl (C=O) groups is 1. The minimum absolute atomic E-state index is 0.00279. The van der Waals surface area contributed by atoms with Crippen LogP contribution < -0.4 is 10.1 Å². The summed E-state index contributed by atoms with van der Waals surface area (Å²) in [6, 6.07) is 22.7. The number of fused-ring (bicyclic) bond motifs is 4. The minimum atomic E-state index is -1.39. The van der Waals surface area contributed by atoms with Crippen molar-refractivity contribution >= 4 is 62.0 Å². The lowest BCUT2D eigenvalue weighted by Gasteiger charge is -2.45. The summed E-state index contributed by atoms with van der Waals surface area (Å²) in [5.74, 6) is 0.271. The fourth-order valence-electron chi connectivity index (χ4n) is 5.17. The van der Waals surface area contributed by atoms with Crippen molar-refractivity contribution in [3.05, 3.63) is 120 Å². The number of nitrogens with one attached hydrogen (secondary N) is 1. The highest BCUT2D eigenvalue weighted by Gasteiger charge is 2.58. The molecule has 3 aliphatic heterocycles. The van der Waals surface area contributed by atoms with Gasteiger partial charge in [0.2, 0.25) is 0 Å². The van der Waals surface area contributed by atoms with Gasteiger partial charge < -0.3 is 9.15 Å². The number of carbonyl (C=O) groups excluding carboxylic acids is 1. The van der Waals surface area contributed by atoms with E-state index < -0.39 is 10.8 Å². The third kappa shape index (κ3) is 4.50. The molecule has 41 heavy (non-hydrogen) atoms. The number of amides is 1. The van der Waals surface area contributed by atoms with Crippen molar-refractivity contribution in [1.82, 2.24) is 10.3 Å². The van der Waals surface area contributed by atoms with Gasteiger partial charge in [-0.2, -0.15) is 5.10 Å². The van der Waals surface area contributed by atoms with Gasteiger partial charge in [-0.3, -0.25) is 20.2 Å². The van der Waals surface area contributed by atoms with Crippen LogP contribution in [0.4, 0.5) is 10.5 Å². The van der Waals surface area contributed by atoms with Crippen molar-refractivity contribution in [1.29, 1.82) is 0 Å². The van der Waals surface area contributed by atoms with Crippen LogP contribution in [-0.4, -0.2) is 26.7 Å². The highest BCUT2D eigenvalue weighted by Crippen LogP contribution is 2.53. The standard InChI is InChI=1S/C29H18BrClN4O5S/c30-18-5-11-26-22(13-18)24-15-23(16-1-6-19(31)7-2-16)33-34(24)29(40-26)27(41-28(36)32-29)14-21-10-12-25(39-21)17-3-8-20(9-4-17)35(37)38/h1-14,24H,15H2,(H,32,36)/b27-14-. The van der Waals surface area contributed by atoms with Gasteiger partial charge in [-0.1, -0.05) is 39.7 Å². The molecule has 204 valence electrons. The number of hydrogen-bond donors (Lipinski definition) is 1. The average molecular weight is 650 g/mol. The summed E-state index contributed by atoms with van der Waals surface area (Å²) in [4.78, 5) is 24.0. The Morgan fingerprint density at radius 2 is 1.85 bits per heavy atom. The van der Waals surface area contributed by atoms with Crippen molar-refractivity contribution in [3.8, 4) is 17.1 Å². The molecule has 2 atom stereocenters. The van der Waals surface area contributed by atoms with Crippen LogP contribution in [0.5, 0.6) is 5.75 Å². The van der Waals surface area contributed by atoms with E-state index in [2.05, 4.69) is 21.2 Å². The number of halogens is 2. The van der Waals surface area contributed by atoms with Gasteiger partial charge >= 0.3 is 5.85 Å². The number of thioether (sulfide) groups is 1. The van der Waals surface area contributed by atoms with Crippen LogP contribution in [0.1, 0.15) is 29.3 Å². The highest BCUT2D eigenvalue weighted by atomic mass is 79.9. The van der Waals surface area contributed by atoms with Gasteiger partial charge in [-0.25, -0.2) is 5.01 Å². The third-order valence-electron chi connectivity index (χ3n) is 7.07. The Balaban J connectivity index is 1.30. The lowest BCUT2D eigenvalue weighted by molar-refractivity contribution is -0.384. The Morgan fingerprint density at radius 3 is 2.61 bits per heavy atom.